The van der Waals surface area contributed by atoms with Crippen LogP contribution in [-0.4, -0.2) is 56.3 Å². The second-order valence-electron chi connectivity index (χ2n) is 5.10. The number of carbonyl (C=O) groups is 1. The van der Waals surface area contributed by atoms with E-state index >= 15 is 0 Å². The highest BCUT2D eigenvalue weighted by atomic mass is 19.4. The number of halogens is 3. The number of alkyl halides is 3. The van der Waals surface area contributed by atoms with Crippen molar-refractivity contribution in [1.29, 1.82) is 0 Å². The summed E-state index contributed by atoms with van der Waals surface area (Å²) in [6.07, 6.45) is -0.340. The molecule has 2 N–H and O–H groups in total. The molecule has 112 valence electrons. The SMILES string of the molecule is CNC1CCC(N(C)CC(=O)NCC(F)(F)F)CC1. The maximum Gasteiger partial charge on any atom is 0.405 e. The summed E-state index contributed by atoms with van der Waals surface area (Å²) >= 11 is 0. The Bertz CT molecular complexity index is 288. The minimum atomic E-state index is -4.35. The van der Waals surface area contributed by atoms with E-state index in [9.17, 15) is 18.0 Å². The number of nitrogens with zero attached hydrogens (tertiary/aromatic N) is 1. The Morgan fingerprint density at radius 2 is 1.84 bits per heavy atom. The van der Waals surface area contributed by atoms with Crippen molar-refractivity contribution < 1.29 is 18.0 Å². The molecule has 0 heterocycles. The number of carbonyl (C=O) groups excluding carboxylic acids is 1. The molecule has 1 fully saturated rings. The molecule has 1 saturated carbocycles. The van der Waals surface area contributed by atoms with Gasteiger partial charge in [-0.05, 0) is 39.8 Å². The second-order valence-corrected chi connectivity index (χ2v) is 5.10. The standard InChI is InChI=1S/C12H22F3N3O/c1-16-9-3-5-10(6-4-9)18(2)7-11(19)17-8-12(13,14)15/h9-10,16H,3-8H2,1-2H3,(H,17,19). The molecule has 1 aliphatic carbocycles. The average Bonchev–Trinajstić information content (AvgIpc) is 2.35. The number of likely N-dealkylation sites (N-methyl/N-ethyl adjacent to an activating group) is 1. The van der Waals surface area contributed by atoms with Crippen LogP contribution in [0.5, 0.6) is 0 Å². The first-order valence-corrected chi connectivity index (χ1v) is 6.53. The third-order valence-corrected chi connectivity index (χ3v) is 3.61. The third-order valence-electron chi connectivity index (χ3n) is 3.61. The summed E-state index contributed by atoms with van der Waals surface area (Å²) in [7, 11) is 3.72. The van der Waals surface area contributed by atoms with Crippen LogP contribution in [0.2, 0.25) is 0 Å². The van der Waals surface area contributed by atoms with Gasteiger partial charge in [0.15, 0.2) is 0 Å². The van der Waals surface area contributed by atoms with Gasteiger partial charge in [-0.2, -0.15) is 13.2 Å². The third kappa shape index (κ3) is 6.24. The van der Waals surface area contributed by atoms with Crippen molar-refractivity contribution in [2.24, 2.45) is 0 Å². The van der Waals surface area contributed by atoms with E-state index in [2.05, 4.69) is 5.32 Å². The first-order chi connectivity index (χ1) is 8.81. The van der Waals surface area contributed by atoms with Crippen LogP contribution in [0.15, 0.2) is 0 Å². The molecule has 4 nitrogen and oxygen atoms in total. The molecule has 0 atom stereocenters. The highest BCUT2D eigenvalue weighted by molar-refractivity contribution is 5.78. The summed E-state index contributed by atoms with van der Waals surface area (Å²) in [5.41, 5.74) is 0. The zero-order valence-electron chi connectivity index (χ0n) is 11.4. The van der Waals surface area contributed by atoms with Gasteiger partial charge < -0.3 is 10.6 Å². The molecular weight excluding hydrogens is 259 g/mol. The van der Waals surface area contributed by atoms with Crippen LogP contribution in [0.4, 0.5) is 13.2 Å². The fourth-order valence-corrected chi connectivity index (χ4v) is 2.42. The van der Waals surface area contributed by atoms with E-state index in [-0.39, 0.29) is 12.6 Å². The summed E-state index contributed by atoms with van der Waals surface area (Å²) in [5, 5.41) is 5.11. The quantitative estimate of drug-likeness (QED) is 0.794. The molecule has 19 heavy (non-hydrogen) atoms. The molecule has 0 aromatic heterocycles. The lowest BCUT2D eigenvalue weighted by atomic mass is 9.90. The first-order valence-electron chi connectivity index (χ1n) is 6.53. The number of nitrogens with one attached hydrogen (secondary N) is 2. The molecule has 0 aliphatic heterocycles. The summed E-state index contributed by atoms with van der Waals surface area (Å²) in [6.45, 7) is -1.24. The molecule has 1 aliphatic rings. The molecule has 0 saturated heterocycles. The molecule has 0 aromatic rings. The van der Waals surface area contributed by atoms with Gasteiger partial charge in [0.25, 0.3) is 0 Å². The molecule has 7 heteroatoms. The molecule has 0 spiro atoms. The number of hydrogen-bond acceptors (Lipinski definition) is 3. The monoisotopic (exact) mass is 281 g/mol. The van der Waals surface area contributed by atoms with Crippen molar-refractivity contribution in [2.75, 3.05) is 27.2 Å². The normalized spacial score (nSPS) is 24.5. The van der Waals surface area contributed by atoms with Gasteiger partial charge >= 0.3 is 6.18 Å². The number of rotatable bonds is 5. The van der Waals surface area contributed by atoms with Crippen LogP contribution in [0.3, 0.4) is 0 Å². The van der Waals surface area contributed by atoms with Gasteiger partial charge in [-0.1, -0.05) is 0 Å². The molecule has 0 unspecified atom stereocenters. The van der Waals surface area contributed by atoms with Crippen LogP contribution >= 0.6 is 0 Å². The molecule has 0 bridgehead atoms. The Kier molecular flexibility index (Phi) is 6.06. The van der Waals surface area contributed by atoms with Crippen LogP contribution in [-0.2, 0) is 4.79 Å². The van der Waals surface area contributed by atoms with E-state index < -0.39 is 18.6 Å². The van der Waals surface area contributed by atoms with Crippen LogP contribution in [0.25, 0.3) is 0 Å². The molecule has 1 rings (SSSR count). The lowest BCUT2D eigenvalue weighted by molar-refractivity contribution is -0.139. The van der Waals surface area contributed by atoms with Gasteiger partial charge in [0.1, 0.15) is 6.54 Å². The average molecular weight is 281 g/mol. The molecule has 1 amide bonds. The fourth-order valence-electron chi connectivity index (χ4n) is 2.42. The van der Waals surface area contributed by atoms with Gasteiger partial charge in [0.2, 0.25) is 5.91 Å². The minimum Gasteiger partial charge on any atom is -0.346 e. The molecule has 0 aromatic carbocycles. The first kappa shape index (κ1) is 16.2. The van der Waals surface area contributed by atoms with E-state index in [0.717, 1.165) is 25.7 Å². The summed E-state index contributed by atoms with van der Waals surface area (Å²) < 4.78 is 35.9. The van der Waals surface area contributed by atoms with Crippen LogP contribution < -0.4 is 10.6 Å². The topological polar surface area (TPSA) is 44.4 Å². The highest BCUT2D eigenvalue weighted by Gasteiger charge is 2.29. The number of amides is 1. The minimum absolute atomic E-state index is 0.0188. The Labute approximate surface area is 111 Å². The molecular formula is C12H22F3N3O. The Morgan fingerprint density at radius 3 is 2.32 bits per heavy atom. The second kappa shape index (κ2) is 7.09. The van der Waals surface area contributed by atoms with Gasteiger partial charge in [-0.3, -0.25) is 9.69 Å². The zero-order valence-corrected chi connectivity index (χ0v) is 11.4. The van der Waals surface area contributed by atoms with E-state index in [1.807, 2.05) is 17.3 Å². The largest absolute Gasteiger partial charge is 0.405 e. The summed E-state index contributed by atoms with van der Waals surface area (Å²) in [4.78, 5) is 13.2. The van der Waals surface area contributed by atoms with Crippen molar-refractivity contribution in [2.45, 2.75) is 43.9 Å². The molecule has 0 radical (unpaired) electrons. The Hall–Kier alpha value is -0.820. The van der Waals surface area contributed by atoms with Crippen molar-refractivity contribution in [3.8, 4) is 0 Å². The lowest BCUT2D eigenvalue weighted by Crippen LogP contribution is -2.45. The maximum absolute atomic E-state index is 12.0. The van der Waals surface area contributed by atoms with Gasteiger partial charge in [0, 0.05) is 12.1 Å². The van der Waals surface area contributed by atoms with Crippen molar-refractivity contribution in [3.05, 3.63) is 0 Å². The predicted molar refractivity (Wildman–Crippen MR) is 66.8 cm³/mol. The summed E-state index contributed by atoms with van der Waals surface area (Å²) in [6, 6.07) is 0.796. The smallest absolute Gasteiger partial charge is 0.346 e. The van der Waals surface area contributed by atoms with E-state index in [4.69, 9.17) is 0 Å². The van der Waals surface area contributed by atoms with Gasteiger partial charge in [-0.15, -0.1) is 0 Å². The van der Waals surface area contributed by atoms with E-state index in [1.165, 1.54) is 0 Å². The Balaban J connectivity index is 2.27. The van der Waals surface area contributed by atoms with Gasteiger partial charge in [0.05, 0.1) is 6.54 Å². The van der Waals surface area contributed by atoms with Crippen LogP contribution in [0.1, 0.15) is 25.7 Å². The fraction of sp³-hybridized carbons (Fsp3) is 0.917. The maximum atomic E-state index is 12.0. The van der Waals surface area contributed by atoms with Crippen molar-refractivity contribution in [1.82, 2.24) is 15.5 Å². The zero-order chi connectivity index (χ0) is 14.5. The van der Waals surface area contributed by atoms with E-state index in [0.29, 0.717) is 6.04 Å². The lowest BCUT2D eigenvalue weighted by Gasteiger charge is -2.34. The van der Waals surface area contributed by atoms with Crippen molar-refractivity contribution >= 4 is 5.91 Å². The highest BCUT2D eigenvalue weighted by Crippen LogP contribution is 2.22. The predicted octanol–water partition coefficient (Wildman–Crippen LogP) is 1.13. The van der Waals surface area contributed by atoms with E-state index in [1.54, 1.807) is 7.05 Å². The Morgan fingerprint density at radius 1 is 1.26 bits per heavy atom. The number of hydrogen-bond donors (Lipinski definition) is 2. The van der Waals surface area contributed by atoms with Crippen LogP contribution in [0, 0.1) is 0 Å². The van der Waals surface area contributed by atoms with Gasteiger partial charge in [-0.25, -0.2) is 0 Å². The summed E-state index contributed by atoms with van der Waals surface area (Å²) in [5.74, 6) is -0.574. The van der Waals surface area contributed by atoms with Crippen molar-refractivity contribution in [3.63, 3.8) is 0 Å².